The zero-order valence-electron chi connectivity index (χ0n) is 14.7. The Morgan fingerprint density at radius 3 is 2.24 bits per heavy atom. The second-order valence-electron chi connectivity index (χ2n) is 7.25. The number of hydrogen-bond acceptors (Lipinski definition) is 2. The van der Waals surface area contributed by atoms with Crippen LogP contribution < -0.4 is 5.32 Å². The van der Waals surface area contributed by atoms with E-state index in [0.717, 1.165) is 5.92 Å². The van der Waals surface area contributed by atoms with E-state index in [1.54, 1.807) is 0 Å². The fourth-order valence-corrected chi connectivity index (χ4v) is 3.95. The predicted octanol–water partition coefficient (Wildman–Crippen LogP) is 4.07. The van der Waals surface area contributed by atoms with Crippen LogP contribution >= 0.6 is 0 Å². The van der Waals surface area contributed by atoms with Crippen molar-refractivity contribution in [3.05, 3.63) is 34.9 Å². The van der Waals surface area contributed by atoms with Gasteiger partial charge >= 0.3 is 0 Å². The Kier molecular flexibility index (Phi) is 5.11. The summed E-state index contributed by atoms with van der Waals surface area (Å²) in [6, 6.07) is 7.36. The lowest BCUT2D eigenvalue weighted by Crippen LogP contribution is -2.55. The van der Waals surface area contributed by atoms with Gasteiger partial charge in [0.05, 0.1) is 6.04 Å². The SMILES string of the molecule is CNC(c1ccc(C)c(C)c1)C1(N(C)C)CCC(C)CC1. The van der Waals surface area contributed by atoms with Crippen LogP contribution in [0.15, 0.2) is 18.2 Å². The molecule has 1 aromatic carbocycles. The minimum absolute atomic E-state index is 0.239. The molecule has 1 atom stereocenters. The number of benzene rings is 1. The number of nitrogens with one attached hydrogen (secondary N) is 1. The monoisotopic (exact) mass is 288 g/mol. The fraction of sp³-hybridized carbons (Fsp3) is 0.684. The number of likely N-dealkylation sites (N-methyl/N-ethyl adjacent to an activating group) is 2. The van der Waals surface area contributed by atoms with E-state index in [0.29, 0.717) is 6.04 Å². The highest BCUT2D eigenvalue weighted by molar-refractivity contribution is 5.33. The molecular formula is C19H32N2. The number of rotatable bonds is 4. The molecule has 118 valence electrons. The first kappa shape index (κ1) is 16.5. The molecule has 0 radical (unpaired) electrons. The molecule has 0 heterocycles. The molecule has 0 bridgehead atoms. The summed E-state index contributed by atoms with van der Waals surface area (Å²) in [4.78, 5) is 2.47. The molecule has 0 spiro atoms. The largest absolute Gasteiger partial charge is 0.311 e. The van der Waals surface area contributed by atoms with Gasteiger partial charge in [-0.05, 0) is 83.3 Å². The molecule has 0 aliphatic heterocycles. The van der Waals surface area contributed by atoms with Crippen LogP contribution in [0.25, 0.3) is 0 Å². The van der Waals surface area contributed by atoms with Crippen LogP contribution in [-0.2, 0) is 0 Å². The lowest BCUT2D eigenvalue weighted by molar-refractivity contribution is 0.0455. The normalized spacial score (nSPS) is 27.9. The van der Waals surface area contributed by atoms with E-state index in [9.17, 15) is 0 Å². The topological polar surface area (TPSA) is 15.3 Å². The first-order valence-electron chi connectivity index (χ1n) is 8.32. The first-order valence-corrected chi connectivity index (χ1v) is 8.32. The standard InChI is InChI=1S/C19H32N2/c1-14-9-11-19(12-10-14,21(5)6)18(20-4)17-8-7-15(2)16(3)13-17/h7-8,13-14,18,20H,9-12H2,1-6H3. The van der Waals surface area contributed by atoms with Gasteiger partial charge in [0.1, 0.15) is 0 Å². The van der Waals surface area contributed by atoms with Gasteiger partial charge in [-0.2, -0.15) is 0 Å². The molecule has 1 N–H and O–H groups in total. The van der Waals surface area contributed by atoms with Crippen molar-refractivity contribution in [2.24, 2.45) is 5.92 Å². The third kappa shape index (κ3) is 3.17. The summed E-state index contributed by atoms with van der Waals surface area (Å²) in [6.07, 6.45) is 5.22. The third-order valence-electron chi connectivity index (χ3n) is 5.72. The Balaban J connectivity index is 2.38. The predicted molar refractivity (Wildman–Crippen MR) is 91.8 cm³/mol. The summed E-state index contributed by atoms with van der Waals surface area (Å²) < 4.78 is 0. The molecule has 0 amide bonds. The summed E-state index contributed by atoms with van der Waals surface area (Å²) in [7, 11) is 6.62. The third-order valence-corrected chi connectivity index (χ3v) is 5.72. The smallest absolute Gasteiger partial charge is 0.0504 e. The van der Waals surface area contributed by atoms with Crippen molar-refractivity contribution < 1.29 is 0 Å². The van der Waals surface area contributed by atoms with Crippen LogP contribution in [0.4, 0.5) is 0 Å². The van der Waals surface area contributed by atoms with Gasteiger partial charge in [-0.3, -0.25) is 0 Å². The van der Waals surface area contributed by atoms with Gasteiger partial charge in [-0.1, -0.05) is 25.1 Å². The minimum atomic E-state index is 0.239. The molecular weight excluding hydrogens is 256 g/mol. The molecule has 2 nitrogen and oxygen atoms in total. The van der Waals surface area contributed by atoms with E-state index >= 15 is 0 Å². The van der Waals surface area contributed by atoms with E-state index < -0.39 is 0 Å². The van der Waals surface area contributed by atoms with E-state index in [1.165, 1.54) is 42.4 Å². The molecule has 0 aromatic heterocycles. The lowest BCUT2D eigenvalue weighted by Gasteiger charge is -2.50. The number of hydrogen-bond donors (Lipinski definition) is 1. The van der Waals surface area contributed by atoms with Crippen molar-refractivity contribution in [3.63, 3.8) is 0 Å². The van der Waals surface area contributed by atoms with Crippen molar-refractivity contribution in [2.45, 2.75) is 58.0 Å². The van der Waals surface area contributed by atoms with Gasteiger partial charge in [-0.25, -0.2) is 0 Å². The summed E-state index contributed by atoms with van der Waals surface area (Å²) in [5.74, 6) is 0.871. The summed E-state index contributed by atoms with van der Waals surface area (Å²) in [5.41, 5.74) is 4.45. The lowest BCUT2D eigenvalue weighted by atomic mass is 9.70. The molecule has 1 fully saturated rings. The van der Waals surface area contributed by atoms with Gasteiger partial charge < -0.3 is 10.2 Å². The molecule has 1 aromatic rings. The first-order chi connectivity index (χ1) is 9.90. The van der Waals surface area contributed by atoms with E-state index in [2.05, 4.69) is 70.3 Å². The van der Waals surface area contributed by atoms with Crippen molar-refractivity contribution in [3.8, 4) is 0 Å². The van der Waals surface area contributed by atoms with Crippen LogP contribution in [0.5, 0.6) is 0 Å². The highest BCUT2D eigenvalue weighted by Gasteiger charge is 2.43. The maximum atomic E-state index is 3.63. The zero-order chi connectivity index (χ0) is 15.6. The van der Waals surface area contributed by atoms with Crippen molar-refractivity contribution in [1.82, 2.24) is 10.2 Å². The molecule has 21 heavy (non-hydrogen) atoms. The Morgan fingerprint density at radius 1 is 1.14 bits per heavy atom. The van der Waals surface area contributed by atoms with Gasteiger partial charge in [0.2, 0.25) is 0 Å². The van der Waals surface area contributed by atoms with Crippen molar-refractivity contribution in [2.75, 3.05) is 21.1 Å². The molecule has 1 aliphatic rings. The van der Waals surface area contributed by atoms with E-state index in [-0.39, 0.29) is 5.54 Å². The molecule has 1 aliphatic carbocycles. The molecule has 2 heteroatoms. The zero-order valence-corrected chi connectivity index (χ0v) is 14.7. The summed E-state index contributed by atoms with van der Waals surface area (Å²) in [5, 5.41) is 3.63. The molecule has 0 saturated heterocycles. The Hall–Kier alpha value is -0.860. The Bertz CT molecular complexity index is 470. The highest BCUT2D eigenvalue weighted by atomic mass is 15.2. The highest BCUT2D eigenvalue weighted by Crippen LogP contribution is 2.43. The Labute approximate surface area is 130 Å². The van der Waals surface area contributed by atoms with Crippen LogP contribution in [0.1, 0.15) is 55.3 Å². The second kappa shape index (κ2) is 6.50. The average molecular weight is 288 g/mol. The van der Waals surface area contributed by atoms with Gasteiger partial charge in [-0.15, -0.1) is 0 Å². The van der Waals surface area contributed by atoms with Gasteiger partial charge in [0, 0.05) is 5.54 Å². The molecule has 1 saturated carbocycles. The van der Waals surface area contributed by atoms with Crippen molar-refractivity contribution in [1.29, 1.82) is 0 Å². The van der Waals surface area contributed by atoms with E-state index in [4.69, 9.17) is 0 Å². The quantitative estimate of drug-likeness (QED) is 0.898. The maximum absolute atomic E-state index is 3.63. The van der Waals surface area contributed by atoms with Crippen LogP contribution in [0, 0.1) is 19.8 Å². The fourth-order valence-electron chi connectivity index (χ4n) is 3.95. The van der Waals surface area contributed by atoms with Gasteiger partial charge in [0.15, 0.2) is 0 Å². The number of aryl methyl sites for hydroxylation is 2. The van der Waals surface area contributed by atoms with Crippen LogP contribution in [-0.4, -0.2) is 31.6 Å². The molecule has 2 rings (SSSR count). The van der Waals surface area contributed by atoms with Gasteiger partial charge in [0.25, 0.3) is 0 Å². The maximum Gasteiger partial charge on any atom is 0.0504 e. The minimum Gasteiger partial charge on any atom is -0.311 e. The average Bonchev–Trinajstić information content (AvgIpc) is 2.45. The number of nitrogens with zero attached hydrogens (tertiary/aromatic N) is 1. The Morgan fingerprint density at radius 2 is 1.76 bits per heavy atom. The van der Waals surface area contributed by atoms with Crippen LogP contribution in [0.3, 0.4) is 0 Å². The van der Waals surface area contributed by atoms with Crippen molar-refractivity contribution >= 4 is 0 Å². The second-order valence-corrected chi connectivity index (χ2v) is 7.25. The summed E-state index contributed by atoms with van der Waals surface area (Å²) >= 11 is 0. The van der Waals surface area contributed by atoms with E-state index in [1.807, 2.05) is 0 Å². The molecule has 1 unspecified atom stereocenters. The summed E-state index contributed by atoms with van der Waals surface area (Å²) in [6.45, 7) is 6.80. The van der Waals surface area contributed by atoms with Crippen LogP contribution in [0.2, 0.25) is 0 Å².